The zero-order chi connectivity index (χ0) is 13.4. The SMILES string of the molecule is CC(NC(=O)CCl)c1ccc2nc(C3CC3)[nH]c2c1. The number of H-pyrrole nitrogens is 1. The molecule has 1 heterocycles. The van der Waals surface area contributed by atoms with Crippen molar-refractivity contribution in [2.24, 2.45) is 0 Å². The van der Waals surface area contributed by atoms with Crippen LogP contribution in [0, 0.1) is 0 Å². The van der Waals surface area contributed by atoms with Gasteiger partial charge in [-0.15, -0.1) is 11.6 Å². The molecule has 0 spiro atoms. The molecule has 1 fully saturated rings. The summed E-state index contributed by atoms with van der Waals surface area (Å²) in [5.41, 5.74) is 3.07. The first-order valence-corrected chi connectivity index (χ1v) is 7.05. The third-order valence-electron chi connectivity index (χ3n) is 3.49. The monoisotopic (exact) mass is 277 g/mol. The molecule has 1 aromatic carbocycles. The van der Waals surface area contributed by atoms with Crippen molar-refractivity contribution in [3.8, 4) is 0 Å². The highest BCUT2D eigenvalue weighted by Gasteiger charge is 2.26. The molecule has 1 amide bonds. The zero-order valence-electron chi connectivity index (χ0n) is 10.7. The third kappa shape index (κ3) is 2.59. The molecule has 100 valence electrons. The number of hydrogen-bond donors (Lipinski definition) is 2. The number of aromatic amines is 1. The van der Waals surface area contributed by atoms with Crippen molar-refractivity contribution in [2.45, 2.75) is 31.7 Å². The number of benzene rings is 1. The van der Waals surface area contributed by atoms with Gasteiger partial charge in [0.15, 0.2) is 0 Å². The van der Waals surface area contributed by atoms with Crippen LogP contribution in [0.1, 0.15) is 43.1 Å². The second-order valence-electron chi connectivity index (χ2n) is 5.10. The van der Waals surface area contributed by atoms with E-state index in [1.807, 2.05) is 25.1 Å². The highest BCUT2D eigenvalue weighted by Crippen LogP contribution is 2.39. The molecule has 5 heteroatoms. The minimum atomic E-state index is -0.155. The normalized spacial score (nSPS) is 16.5. The number of imidazole rings is 1. The van der Waals surface area contributed by atoms with Gasteiger partial charge in [0.1, 0.15) is 11.7 Å². The summed E-state index contributed by atoms with van der Waals surface area (Å²) in [5.74, 6) is 1.54. The van der Waals surface area contributed by atoms with Crippen LogP contribution in [0.5, 0.6) is 0 Å². The van der Waals surface area contributed by atoms with Gasteiger partial charge in [-0.1, -0.05) is 6.07 Å². The largest absolute Gasteiger partial charge is 0.349 e. The summed E-state index contributed by atoms with van der Waals surface area (Å²) < 4.78 is 0. The Balaban J connectivity index is 1.85. The average Bonchev–Trinajstić information content (AvgIpc) is 3.17. The van der Waals surface area contributed by atoms with E-state index in [2.05, 4.69) is 15.3 Å². The van der Waals surface area contributed by atoms with Crippen molar-refractivity contribution in [1.29, 1.82) is 0 Å². The lowest BCUT2D eigenvalue weighted by atomic mass is 10.1. The van der Waals surface area contributed by atoms with Crippen LogP contribution >= 0.6 is 11.6 Å². The van der Waals surface area contributed by atoms with Gasteiger partial charge in [0.25, 0.3) is 0 Å². The van der Waals surface area contributed by atoms with E-state index in [9.17, 15) is 4.79 Å². The van der Waals surface area contributed by atoms with E-state index in [1.54, 1.807) is 0 Å². The van der Waals surface area contributed by atoms with Crippen LogP contribution in [0.4, 0.5) is 0 Å². The number of halogens is 1. The molecule has 3 rings (SSSR count). The Morgan fingerprint density at radius 2 is 2.37 bits per heavy atom. The Bertz CT molecular complexity index is 618. The van der Waals surface area contributed by atoms with Gasteiger partial charge in [-0.25, -0.2) is 4.98 Å². The highest BCUT2D eigenvalue weighted by atomic mass is 35.5. The number of carbonyl (C=O) groups excluding carboxylic acids is 1. The zero-order valence-corrected chi connectivity index (χ0v) is 11.5. The fourth-order valence-corrected chi connectivity index (χ4v) is 2.31. The first kappa shape index (κ1) is 12.5. The average molecular weight is 278 g/mol. The summed E-state index contributed by atoms with van der Waals surface area (Å²) >= 11 is 5.50. The Morgan fingerprint density at radius 3 is 3.05 bits per heavy atom. The number of rotatable bonds is 4. The van der Waals surface area contributed by atoms with Crippen molar-refractivity contribution in [3.05, 3.63) is 29.6 Å². The maximum atomic E-state index is 11.3. The molecule has 0 aliphatic heterocycles. The Kier molecular flexibility index (Phi) is 3.19. The Labute approximate surface area is 116 Å². The highest BCUT2D eigenvalue weighted by molar-refractivity contribution is 6.27. The number of alkyl halides is 1. The number of hydrogen-bond acceptors (Lipinski definition) is 2. The molecule has 1 aliphatic rings. The molecule has 19 heavy (non-hydrogen) atoms. The van der Waals surface area contributed by atoms with E-state index >= 15 is 0 Å². The number of amides is 1. The number of carbonyl (C=O) groups is 1. The molecule has 1 aromatic heterocycles. The summed E-state index contributed by atoms with van der Waals surface area (Å²) in [6.07, 6.45) is 2.46. The minimum absolute atomic E-state index is 0.0114. The van der Waals surface area contributed by atoms with E-state index in [4.69, 9.17) is 11.6 Å². The van der Waals surface area contributed by atoms with Crippen molar-refractivity contribution >= 4 is 28.5 Å². The second kappa shape index (κ2) is 4.85. The van der Waals surface area contributed by atoms with Crippen molar-refractivity contribution < 1.29 is 4.79 Å². The van der Waals surface area contributed by atoms with E-state index in [-0.39, 0.29) is 17.8 Å². The molecule has 1 unspecified atom stereocenters. The minimum Gasteiger partial charge on any atom is -0.349 e. The van der Waals surface area contributed by atoms with Crippen molar-refractivity contribution in [1.82, 2.24) is 15.3 Å². The van der Waals surface area contributed by atoms with Gasteiger partial charge in [0.2, 0.25) is 5.91 Å². The van der Waals surface area contributed by atoms with Crippen molar-refractivity contribution in [2.75, 3.05) is 5.88 Å². The number of fused-ring (bicyclic) bond motifs is 1. The van der Waals surface area contributed by atoms with Crippen LogP contribution in [0.15, 0.2) is 18.2 Å². The quantitative estimate of drug-likeness (QED) is 0.845. The molecule has 1 atom stereocenters. The van der Waals surface area contributed by atoms with E-state index in [1.165, 1.54) is 12.8 Å². The van der Waals surface area contributed by atoms with Gasteiger partial charge in [-0.3, -0.25) is 4.79 Å². The number of nitrogens with one attached hydrogen (secondary N) is 2. The first-order chi connectivity index (χ1) is 9.17. The fourth-order valence-electron chi connectivity index (χ4n) is 2.23. The molecule has 0 bridgehead atoms. The molecule has 2 N–H and O–H groups in total. The molecule has 1 aliphatic carbocycles. The van der Waals surface area contributed by atoms with Crippen LogP contribution < -0.4 is 5.32 Å². The van der Waals surface area contributed by atoms with Gasteiger partial charge in [-0.05, 0) is 37.5 Å². The maximum Gasteiger partial charge on any atom is 0.235 e. The van der Waals surface area contributed by atoms with Gasteiger partial charge < -0.3 is 10.3 Å². The molecule has 2 aromatic rings. The Morgan fingerprint density at radius 1 is 1.58 bits per heavy atom. The lowest BCUT2D eigenvalue weighted by Crippen LogP contribution is -2.27. The van der Waals surface area contributed by atoms with E-state index in [0.29, 0.717) is 5.92 Å². The molecular weight excluding hydrogens is 262 g/mol. The number of aromatic nitrogens is 2. The summed E-state index contributed by atoms with van der Waals surface area (Å²) in [5, 5.41) is 2.85. The van der Waals surface area contributed by atoms with Crippen LogP contribution in [-0.4, -0.2) is 21.8 Å². The van der Waals surface area contributed by atoms with Crippen LogP contribution in [0.2, 0.25) is 0 Å². The molecule has 0 saturated heterocycles. The standard InChI is InChI=1S/C14H16ClN3O/c1-8(16-13(19)7-15)10-4-5-11-12(6-10)18-14(17-11)9-2-3-9/h4-6,8-9H,2-3,7H2,1H3,(H,16,19)(H,17,18). The predicted molar refractivity (Wildman–Crippen MR) is 75.3 cm³/mol. The molecule has 1 saturated carbocycles. The molecular formula is C14H16ClN3O. The lowest BCUT2D eigenvalue weighted by molar-refractivity contribution is -0.119. The number of nitrogens with zero attached hydrogens (tertiary/aromatic N) is 1. The summed E-state index contributed by atoms with van der Waals surface area (Å²) in [7, 11) is 0. The summed E-state index contributed by atoms with van der Waals surface area (Å²) in [6, 6.07) is 5.99. The van der Waals surface area contributed by atoms with Crippen LogP contribution in [0.3, 0.4) is 0 Å². The predicted octanol–water partition coefficient (Wildman–Crippen LogP) is 2.86. The Hall–Kier alpha value is -1.55. The maximum absolute atomic E-state index is 11.3. The third-order valence-corrected chi connectivity index (χ3v) is 3.73. The topological polar surface area (TPSA) is 57.8 Å². The van der Waals surface area contributed by atoms with E-state index in [0.717, 1.165) is 22.4 Å². The lowest BCUT2D eigenvalue weighted by Gasteiger charge is -2.13. The smallest absolute Gasteiger partial charge is 0.235 e. The first-order valence-electron chi connectivity index (χ1n) is 6.52. The van der Waals surface area contributed by atoms with Crippen LogP contribution in [-0.2, 0) is 4.79 Å². The van der Waals surface area contributed by atoms with Gasteiger partial charge in [0, 0.05) is 5.92 Å². The van der Waals surface area contributed by atoms with Gasteiger partial charge >= 0.3 is 0 Å². The van der Waals surface area contributed by atoms with Crippen molar-refractivity contribution in [3.63, 3.8) is 0 Å². The fraction of sp³-hybridized carbons (Fsp3) is 0.429. The van der Waals surface area contributed by atoms with Crippen LogP contribution in [0.25, 0.3) is 11.0 Å². The summed E-state index contributed by atoms with van der Waals surface area (Å²) in [6.45, 7) is 1.95. The molecule has 4 nitrogen and oxygen atoms in total. The summed E-state index contributed by atoms with van der Waals surface area (Å²) in [4.78, 5) is 19.3. The van der Waals surface area contributed by atoms with E-state index < -0.39 is 0 Å². The van der Waals surface area contributed by atoms with Gasteiger partial charge in [0.05, 0.1) is 17.1 Å². The molecule has 0 radical (unpaired) electrons. The van der Waals surface area contributed by atoms with Gasteiger partial charge in [-0.2, -0.15) is 0 Å². The second-order valence-corrected chi connectivity index (χ2v) is 5.36.